The second-order valence-electron chi connectivity index (χ2n) is 8.17. The predicted octanol–water partition coefficient (Wildman–Crippen LogP) is 6.76. The minimum absolute atomic E-state index is 0.150. The second kappa shape index (κ2) is 22.6. The van der Waals surface area contributed by atoms with Gasteiger partial charge < -0.3 is 14.2 Å². The molecule has 6 nitrogen and oxygen atoms in total. The van der Waals surface area contributed by atoms with Crippen molar-refractivity contribution in [1.82, 2.24) is 0 Å². The van der Waals surface area contributed by atoms with E-state index in [4.69, 9.17) is 9.47 Å². The van der Waals surface area contributed by atoms with Crippen molar-refractivity contribution in [2.45, 2.75) is 93.8 Å². The Labute approximate surface area is 202 Å². The fourth-order valence-corrected chi connectivity index (χ4v) is 1.30. The average molecular weight is 469 g/mol. The van der Waals surface area contributed by atoms with E-state index in [0.29, 0.717) is 12.5 Å². The quantitative estimate of drug-likeness (QED) is 0.211. The Morgan fingerprint density at radius 2 is 1.39 bits per heavy atom. The Morgan fingerprint density at radius 3 is 1.55 bits per heavy atom. The molecule has 0 fully saturated rings. The molecule has 0 heterocycles. The summed E-state index contributed by atoms with van der Waals surface area (Å²) in [7, 11) is 0. The van der Waals surface area contributed by atoms with Crippen molar-refractivity contribution in [3.63, 3.8) is 0 Å². The summed E-state index contributed by atoms with van der Waals surface area (Å²) >= 11 is 0. The van der Waals surface area contributed by atoms with Gasteiger partial charge in [0.05, 0.1) is 6.61 Å². The molecular weight excluding hydrogens is 420 g/mol. The highest BCUT2D eigenvalue weighted by Gasteiger charge is 2.14. The Hall–Kier alpha value is -2.63. The summed E-state index contributed by atoms with van der Waals surface area (Å²) in [5.74, 6) is -0.0633. The first-order valence-corrected chi connectivity index (χ1v) is 11.0. The largest absolute Gasteiger partial charge is 0.466 e. The molecule has 2 atom stereocenters. The standard InChI is InChI=1S/3C7H12O2.C6H12/c1-6(2)4-5-9-7(3)8;1-5-7(3,4)9-6(2)8;1-5(2)6(3)9-7(4)8;1-4-6(3)5-2/h1,4-5H2,2-3H3;5H,1H2,2-4H3;6H,1H2,2-4H3;4,6H,1,5H2,2-3H3. The average Bonchev–Trinajstić information content (AvgIpc) is 2.66. The minimum Gasteiger partial charge on any atom is -0.466 e. The van der Waals surface area contributed by atoms with Crippen molar-refractivity contribution in [3.05, 3.63) is 49.6 Å². The highest BCUT2D eigenvalue weighted by molar-refractivity contribution is 5.67. The van der Waals surface area contributed by atoms with Crippen molar-refractivity contribution >= 4 is 17.9 Å². The molecule has 0 saturated heterocycles. The van der Waals surface area contributed by atoms with E-state index >= 15 is 0 Å². The summed E-state index contributed by atoms with van der Waals surface area (Å²) in [4.78, 5) is 30.8. The van der Waals surface area contributed by atoms with Gasteiger partial charge in [0.1, 0.15) is 11.7 Å². The van der Waals surface area contributed by atoms with Crippen molar-refractivity contribution in [3.8, 4) is 0 Å². The lowest BCUT2D eigenvalue weighted by atomic mass is 10.1. The first-order valence-electron chi connectivity index (χ1n) is 11.0. The summed E-state index contributed by atoms with van der Waals surface area (Å²) in [5.41, 5.74) is 1.38. The Balaban J connectivity index is -0.000000172. The third-order valence-electron chi connectivity index (χ3n) is 3.82. The molecule has 33 heavy (non-hydrogen) atoms. The molecule has 0 aromatic rings. The van der Waals surface area contributed by atoms with E-state index in [1.165, 1.54) is 27.2 Å². The third kappa shape index (κ3) is 40.3. The summed E-state index contributed by atoms with van der Waals surface area (Å²) in [6, 6.07) is 0. The van der Waals surface area contributed by atoms with Crippen LogP contribution in [-0.2, 0) is 28.6 Å². The van der Waals surface area contributed by atoms with E-state index in [9.17, 15) is 14.4 Å². The van der Waals surface area contributed by atoms with Gasteiger partial charge in [-0.05, 0) is 52.2 Å². The van der Waals surface area contributed by atoms with Crippen LogP contribution in [0.5, 0.6) is 0 Å². The molecule has 0 amide bonds. The number of rotatable bonds is 9. The minimum atomic E-state index is -0.522. The van der Waals surface area contributed by atoms with E-state index in [-0.39, 0.29) is 24.0 Å². The van der Waals surface area contributed by atoms with E-state index in [1.54, 1.807) is 26.8 Å². The Bertz CT molecular complexity index is 602. The monoisotopic (exact) mass is 468 g/mol. The Kier molecular flexibility index (Phi) is 25.8. The summed E-state index contributed by atoms with van der Waals surface area (Å²) in [6.07, 6.45) is 5.39. The zero-order valence-corrected chi connectivity index (χ0v) is 22.7. The normalized spacial score (nSPS) is 11.1. The molecule has 0 N–H and O–H groups in total. The highest BCUT2D eigenvalue weighted by atomic mass is 16.6. The van der Waals surface area contributed by atoms with Crippen LogP contribution in [0.2, 0.25) is 0 Å². The van der Waals surface area contributed by atoms with Gasteiger partial charge in [0.2, 0.25) is 0 Å². The van der Waals surface area contributed by atoms with Crippen LogP contribution in [-0.4, -0.2) is 36.2 Å². The highest BCUT2D eigenvalue weighted by Crippen LogP contribution is 2.09. The zero-order chi connectivity index (χ0) is 27.2. The summed E-state index contributed by atoms with van der Waals surface area (Å²) < 4.78 is 14.3. The van der Waals surface area contributed by atoms with Crippen LogP contribution >= 0.6 is 0 Å². The first-order chi connectivity index (χ1) is 14.9. The molecule has 6 heteroatoms. The number of carbonyl (C=O) groups excluding carboxylic acids is 3. The molecule has 0 aliphatic rings. The SMILES string of the molecule is C=C(C)C(C)OC(C)=O.C=C(C)CCOC(C)=O.C=CC(C)(C)OC(C)=O.C=CC(C)CC. The van der Waals surface area contributed by atoms with Gasteiger partial charge >= 0.3 is 17.9 Å². The van der Waals surface area contributed by atoms with Gasteiger partial charge in [0.25, 0.3) is 0 Å². The summed E-state index contributed by atoms with van der Waals surface area (Å²) in [5, 5.41) is 0. The zero-order valence-electron chi connectivity index (χ0n) is 22.7. The molecule has 0 spiro atoms. The van der Waals surface area contributed by atoms with Gasteiger partial charge in [0.15, 0.2) is 0 Å². The van der Waals surface area contributed by atoms with Gasteiger partial charge in [-0.3, -0.25) is 14.4 Å². The molecule has 0 bridgehead atoms. The first kappa shape index (κ1) is 37.7. The number of ether oxygens (including phenoxy) is 3. The Morgan fingerprint density at radius 1 is 0.909 bits per heavy atom. The van der Waals surface area contributed by atoms with Crippen molar-refractivity contribution in [2.24, 2.45) is 5.92 Å². The van der Waals surface area contributed by atoms with Crippen molar-refractivity contribution in [1.29, 1.82) is 0 Å². The van der Waals surface area contributed by atoms with Crippen molar-refractivity contribution < 1.29 is 28.6 Å². The molecular formula is C27H48O6. The van der Waals surface area contributed by atoms with Crippen LogP contribution in [0.25, 0.3) is 0 Å². The van der Waals surface area contributed by atoms with Crippen LogP contribution in [0.15, 0.2) is 49.6 Å². The van der Waals surface area contributed by atoms with Crippen LogP contribution in [0.1, 0.15) is 82.1 Å². The number of hydrogen-bond acceptors (Lipinski definition) is 6. The molecule has 0 aliphatic heterocycles. The van der Waals surface area contributed by atoms with E-state index in [2.05, 4.69) is 44.9 Å². The fraction of sp³-hybridized carbons (Fsp3) is 0.593. The molecule has 0 rings (SSSR count). The molecule has 0 radical (unpaired) electrons. The van der Waals surface area contributed by atoms with E-state index in [0.717, 1.165) is 17.6 Å². The van der Waals surface area contributed by atoms with E-state index in [1.807, 2.05) is 19.9 Å². The third-order valence-corrected chi connectivity index (χ3v) is 3.82. The lowest BCUT2D eigenvalue weighted by Crippen LogP contribution is -2.23. The topological polar surface area (TPSA) is 78.9 Å². The fourth-order valence-electron chi connectivity index (χ4n) is 1.30. The smallest absolute Gasteiger partial charge is 0.303 e. The molecule has 0 aliphatic carbocycles. The maximum atomic E-state index is 10.3. The lowest BCUT2D eigenvalue weighted by molar-refractivity contribution is -0.149. The number of allylic oxidation sites excluding steroid dienone is 1. The molecule has 0 saturated carbocycles. The van der Waals surface area contributed by atoms with Crippen LogP contribution in [0.3, 0.4) is 0 Å². The van der Waals surface area contributed by atoms with Crippen LogP contribution in [0.4, 0.5) is 0 Å². The number of carbonyl (C=O) groups is 3. The van der Waals surface area contributed by atoms with Gasteiger partial charge in [0, 0.05) is 27.2 Å². The molecule has 192 valence electrons. The van der Waals surface area contributed by atoms with Crippen LogP contribution < -0.4 is 0 Å². The number of hydrogen-bond donors (Lipinski definition) is 0. The maximum absolute atomic E-state index is 10.3. The van der Waals surface area contributed by atoms with Gasteiger partial charge in [-0.2, -0.15) is 0 Å². The molecule has 0 aromatic heterocycles. The summed E-state index contributed by atoms with van der Waals surface area (Å²) in [6.45, 7) is 32.5. The second-order valence-corrected chi connectivity index (χ2v) is 8.17. The van der Waals surface area contributed by atoms with Crippen molar-refractivity contribution in [2.75, 3.05) is 6.61 Å². The lowest BCUT2D eigenvalue weighted by Gasteiger charge is -2.18. The predicted molar refractivity (Wildman–Crippen MR) is 138 cm³/mol. The van der Waals surface area contributed by atoms with Gasteiger partial charge in [-0.1, -0.05) is 45.1 Å². The van der Waals surface area contributed by atoms with Crippen LogP contribution in [0, 0.1) is 5.92 Å². The molecule has 2 unspecified atom stereocenters. The van der Waals surface area contributed by atoms with Gasteiger partial charge in [-0.15, -0.1) is 13.2 Å². The van der Waals surface area contributed by atoms with Gasteiger partial charge in [-0.25, -0.2) is 0 Å². The molecule has 0 aromatic carbocycles. The van der Waals surface area contributed by atoms with E-state index < -0.39 is 5.60 Å². The number of esters is 3. The maximum Gasteiger partial charge on any atom is 0.303 e.